The second kappa shape index (κ2) is 8.57. The molecule has 0 aliphatic rings. The molecule has 1 aromatic heterocycles. The number of fused-ring (bicyclic) bond motifs is 1. The lowest BCUT2D eigenvalue weighted by Crippen LogP contribution is -2.16. The van der Waals surface area contributed by atoms with E-state index >= 15 is 0 Å². The molecule has 5 heteroatoms. The van der Waals surface area contributed by atoms with Crippen LogP contribution in [0.1, 0.15) is 22.3 Å². The van der Waals surface area contributed by atoms with Crippen LogP contribution in [-0.4, -0.2) is 19.2 Å². The van der Waals surface area contributed by atoms with Crippen molar-refractivity contribution in [2.45, 2.75) is 20.3 Å². The Balaban J connectivity index is 2.01. The highest BCUT2D eigenvalue weighted by Crippen LogP contribution is 2.31. The van der Waals surface area contributed by atoms with Gasteiger partial charge in [-0.1, -0.05) is 43.0 Å². The van der Waals surface area contributed by atoms with E-state index in [1.165, 1.54) is 6.08 Å². The molecule has 0 N–H and O–H groups in total. The molecule has 3 aromatic rings. The van der Waals surface area contributed by atoms with E-state index in [2.05, 4.69) is 6.58 Å². The van der Waals surface area contributed by atoms with Crippen molar-refractivity contribution in [2.75, 3.05) is 13.2 Å². The van der Waals surface area contributed by atoms with Crippen molar-refractivity contribution in [2.24, 2.45) is 0 Å². The first-order chi connectivity index (χ1) is 13.5. The summed E-state index contributed by atoms with van der Waals surface area (Å²) in [7, 11) is 0. The third-order valence-electron chi connectivity index (χ3n) is 4.42. The van der Waals surface area contributed by atoms with Crippen LogP contribution in [0.15, 0.2) is 64.3 Å². The summed E-state index contributed by atoms with van der Waals surface area (Å²) in [6.45, 7) is 7.14. The molecule has 3 rings (SSSR count). The molecule has 0 spiro atoms. The fraction of sp³-hybridized carbons (Fsp3) is 0.217. The zero-order chi connectivity index (χ0) is 20.1. The van der Waals surface area contributed by atoms with Crippen LogP contribution in [0.5, 0.6) is 5.75 Å². The van der Waals surface area contributed by atoms with Gasteiger partial charge in [-0.15, -0.1) is 0 Å². The molecule has 0 unspecified atom stereocenters. The van der Waals surface area contributed by atoms with Crippen molar-refractivity contribution >= 4 is 16.9 Å². The molecule has 0 radical (unpaired) electrons. The Morgan fingerprint density at radius 3 is 2.64 bits per heavy atom. The molecular formula is C23H22O5. The minimum Gasteiger partial charge on any atom is -0.481 e. The Bertz CT molecular complexity index is 1060. The van der Waals surface area contributed by atoms with E-state index < -0.39 is 5.97 Å². The van der Waals surface area contributed by atoms with Crippen molar-refractivity contribution in [3.05, 3.63) is 87.8 Å². The Morgan fingerprint density at radius 1 is 1.18 bits per heavy atom. The van der Waals surface area contributed by atoms with E-state index in [1.54, 1.807) is 6.07 Å². The normalized spacial score (nSPS) is 10.6. The van der Waals surface area contributed by atoms with Crippen molar-refractivity contribution in [3.63, 3.8) is 0 Å². The molecule has 0 bridgehead atoms. The predicted octanol–water partition coefficient (Wildman–Crippen LogP) is 4.11. The lowest BCUT2D eigenvalue weighted by Gasteiger charge is -2.14. The van der Waals surface area contributed by atoms with Gasteiger partial charge < -0.3 is 13.9 Å². The van der Waals surface area contributed by atoms with Gasteiger partial charge >= 0.3 is 11.6 Å². The van der Waals surface area contributed by atoms with Crippen LogP contribution in [0.3, 0.4) is 0 Å². The minimum atomic E-state index is -0.492. The summed E-state index contributed by atoms with van der Waals surface area (Å²) in [5, 5.41) is 0.688. The van der Waals surface area contributed by atoms with Gasteiger partial charge in [0.2, 0.25) is 0 Å². The predicted molar refractivity (Wildman–Crippen MR) is 108 cm³/mol. The third-order valence-corrected chi connectivity index (χ3v) is 4.42. The van der Waals surface area contributed by atoms with E-state index in [4.69, 9.17) is 13.9 Å². The molecule has 0 aliphatic carbocycles. The molecule has 0 fully saturated rings. The van der Waals surface area contributed by atoms with Crippen LogP contribution in [0.25, 0.3) is 11.0 Å². The van der Waals surface area contributed by atoms with Crippen LogP contribution >= 0.6 is 0 Å². The largest absolute Gasteiger partial charge is 0.481 e. The van der Waals surface area contributed by atoms with Gasteiger partial charge in [-0.2, -0.15) is 0 Å². The quantitative estimate of drug-likeness (QED) is 0.352. The van der Waals surface area contributed by atoms with Crippen molar-refractivity contribution < 1.29 is 18.7 Å². The van der Waals surface area contributed by atoms with Crippen molar-refractivity contribution in [1.82, 2.24) is 0 Å². The summed E-state index contributed by atoms with van der Waals surface area (Å²) >= 11 is 0. The van der Waals surface area contributed by atoms with Crippen LogP contribution < -0.4 is 10.4 Å². The maximum absolute atomic E-state index is 12.6. The van der Waals surface area contributed by atoms with E-state index in [-0.39, 0.29) is 18.8 Å². The van der Waals surface area contributed by atoms with Gasteiger partial charge in [0.25, 0.3) is 0 Å². The lowest BCUT2D eigenvalue weighted by atomic mass is 9.98. The number of rotatable bonds is 7. The van der Waals surface area contributed by atoms with Crippen LogP contribution in [0.4, 0.5) is 0 Å². The van der Waals surface area contributed by atoms with Crippen molar-refractivity contribution in [1.29, 1.82) is 0 Å². The highest BCUT2D eigenvalue weighted by Gasteiger charge is 2.17. The first-order valence-corrected chi connectivity index (χ1v) is 8.99. The highest BCUT2D eigenvalue weighted by atomic mass is 16.6. The average molecular weight is 378 g/mol. The lowest BCUT2D eigenvalue weighted by molar-refractivity contribution is -0.144. The molecule has 2 aromatic carbocycles. The van der Waals surface area contributed by atoms with Crippen LogP contribution in [0.2, 0.25) is 0 Å². The van der Waals surface area contributed by atoms with Gasteiger partial charge in [0.15, 0.2) is 6.61 Å². The molecule has 0 saturated carbocycles. The van der Waals surface area contributed by atoms with E-state index in [0.717, 1.165) is 16.7 Å². The molecule has 0 aliphatic heterocycles. The molecule has 0 amide bonds. The number of esters is 1. The maximum Gasteiger partial charge on any atom is 0.344 e. The van der Waals surface area contributed by atoms with Gasteiger partial charge in [-0.25, -0.2) is 9.59 Å². The summed E-state index contributed by atoms with van der Waals surface area (Å²) < 4.78 is 16.2. The first kappa shape index (κ1) is 19.4. The number of ether oxygens (including phenoxy) is 2. The number of hydrogen-bond acceptors (Lipinski definition) is 5. The second-order valence-electron chi connectivity index (χ2n) is 6.55. The second-order valence-corrected chi connectivity index (χ2v) is 6.55. The number of carbonyl (C=O) groups excluding carboxylic acids is 1. The molecular weight excluding hydrogens is 356 g/mol. The molecule has 0 saturated heterocycles. The monoisotopic (exact) mass is 378 g/mol. The topological polar surface area (TPSA) is 65.7 Å². The van der Waals surface area contributed by atoms with Crippen molar-refractivity contribution in [3.8, 4) is 5.75 Å². The molecule has 28 heavy (non-hydrogen) atoms. The van der Waals surface area contributed by atoms with Gasteiger partial charge in [0.1, 0.15) is 17.9 Å². The Kier molecular flexibility index (Phi) is 5.94. The summed E-state index contributed by atoms with van der Waals surface area (Å²) in [6, 6.07) is 13.3. The Labute approximate surface area is 163 Å². The number of carbonyl (C=O) groups is 1. The van der Waals surface area contributed by atoms with Crippen LogP contribution in [0, 0.1) is 13.8 Å². The maximum atomic E-state index is 12.6. The number of aryl methyl sites for hydroxylation is 2. The number of hydrogen-bond donors (Lipinski definition) is 0. The van der Waals surface area contributed by atoms with Crippen LogP contribution in [-0.2, 0) is 16.0 Å². The fourth-order valence-corrected chi connectivity index (χ4v) is 3.09. The molecule has 5 nitrogen and oxygen atoms in total. The standard InChI is InChI=1S/C23H22O5/c1-4-10-26-21(24)14-27-19-11-15(2)12-20-22(19)16(3)18(23(25)28-20)13-17-8-6-5-7-9-17/h4-9,11-12H,1,10,13-14H2,2-3H3. The number of benzene rings is 2. The Hall–Kier alpha value is -3.34. The summed E-state index contributed by atoms with van der Waals surface area (Å²) in [4.78, 5) is 24.3. The third kappa shape index (κ3) is 4.31. The minimum absolute atomic E-state index is 0.131. The molecule has 0 atom stereocenters. The van der Waals surface area contributed by atoms with E-state index in [9.17, 15) is 9.59 Å². The van der Waals surface area contributed by atoms with Gasteiger partial charge in [0, 0.05) is 12.0 Å². The fourth-order valence-electron chi connectivity index (χ4n) is 3.09. The summed E-state index contributed by atoms with van der Waals surface area (Å²) in [5.41, 5.74) is 3.30. The highest BCUT2D eigenvalue weighted by molar-refractivity contribution is 5.88. The summed E-state index contributed by atoms with van der Waals surface area (Å²) in [5.74, 6) is -0.00443. The molecule has 144 valence electrons. The Morgan fingerprint density at radius 2 is 1.93 bits per heavy atom. The summed E-state index contributed by atoms with van der Waals surface area (Å²) in [6.07, 6.45) is 1.95. The molecule has 1 heterocycles. The van der Waals surface area contributed by atoms with E-state index in [0.29, 0.717) is 28.7 Å². The SMILES string of the molecule is C=CCOC(=O)COc1cc(C)cc2oc(=O)c(Cc3ccccc3)c(C)c12. The van der Waals surface area contributed by atoms with Gasteiger partial charge in [0.05, 0.1) is 5.39 Å². The zero-order valence-electron chi connectivity index (χ0n) is 16.0. The van der Waals surface area contributed by atoms with Gasteiger partial charge in [-0.05, 0) is 42.7 Å². The van der Waals surface area contributed by atoms with E-state index in [1.807, 2.05) is 50.2 Å². The van der Waals surface area contributed by atoms with Gasteiger partial charge in [-0.3, -0.25) is 0 Å². The smallest absolute Gasteiger partial charge is 0.344 e. The first-order valence-electron chi connectivity index (χ1n) is 8.99. The average Bonchev–Trinajstić information content (AvgIpc) is 2.68. The zero-order valence-corrected chi connectivity index (χ0v) is 16.0.